The standard InChI is InChI=1S/2AsH3.2NO2.Pd/c;;2*2-1-3;/h2*1H3;;;. The van der Waals surface area contributed by atoms with Crippen molar-refractivity contribution in [3.05, 3.63) is 20.2 Å². The van der Waals surface area contributed by atoms with Crippen molar-refractivity contribution in [3.8, 4) is 0 Å². The predicted molar refractivity (Wildman–Crippen MR) is 33.9 cm³/mol. The topological polar surface area (TPSA) is 86.3 Å². The summed E-state index contributed by atoms with van der Waals surface area (Å²) < 4.78 is -1.90. The normalized spacial score (nSPS) is 6.67. The van der Waals surface area contributed by atoms with Crippen LogP contribution >= 0.6 is 0 Å². The van der Waals surface area contributed by atoms with Gasteiger partial charge in [-0.2, -0.15) is 0 Å². The Kier molecular flexibility index (Phi) is 15.5. The Bertz CT molecular complexity index is 92.7. The molecule has 0 aromatic rings. The molecule has 0 heterocycles. The molecule has 0 bridgehead atoms. The van der Waals surface area contributed by atoms with E-state index in [0.717, 1.165) is 0 Å². The zero-order valence-corrected chi connectivity index (χ0v) is 11.7. The van der Waals surface area contributed by atoms with Gasteiger partial charge in [-0.1, -0.05) is 0 Å². The van der Waals surface area contributed by atoms with Gasteiger partial charge < -0.3 is 0 Å². The van der Waals surface area contributed by atoms with E-state index in [-0.39, 0.29) is 35.9 Å². The van der Waals surface area contributed by atoms with Crippen molar-refractivity contribution in [2.24, 2.45) is 0 Å². The zero-order valence-electron chi connectivity index (χ0n) is 4.26. The summed E-state index contributed by atoms with van der Waals surface area (Å²) in [6, 6.07) is 0. The minimum atomic E-state index is -1.58. The van der Waals surface area contributed by atoms with E-state index in [4.69, 9.17) is 0 Å². The number of hydrogen-bond donors (Lipinski definition) is 0. The van der Waals surface area contributed by atoms with Gasteiger partial charge in [-0.05, 0) is 0 Å². The monoisotopic (exact) mass is 354 g/mol. The van der Waals surface area contributed by atoms with Crippen LogP contribution in [-0.2, 0) is 18.5 Å². The van der Waals surface area contributed by atoms with Gasteiger partial charge in [0.05, 0.1) is 0 Å². The summed E-state index contributed by atoms with van der Waals surface area (Å²) >= 11 is -1.58. The molecule has 0 amide bonds. The molecule has 0 radical (unpaired) electrons. The van der Waals surface area contributed by atoms with E-state index in [1.807, 2.05) is 0 Å². The van der Waals surface area contributed by atoms with Crippen molar-refractivity contribution in [2.45, 2.75) is 0 Å². The van der Waals surface area contributed by atoms with Gasteiger partial charge in [0, 0.05) is 0 Å². The Labute approximate surface area is 81.4 Å². The van der Waals surface area contributed by atoms with Gasteiger partial charge in [-0.15, -0.1) is 0 Å². The fourth-order valence-electron chi connectivity index (χ4n) is 0.0422. The average molecular weight is 354 g/mol. The molecule has 0 saturated heterocycles. The quantitative estimate of drug-likeness (QED) is 0.302. The first-order chi connectivity index (χ1) is 3.13. The molecule has 0 aromatic heterocycles. The molecule has 0 rings (SSSR count). The van der Waals surface area contributed by atoms with Crippen LogP contribution in [0.2, 0.25) is 0 Å². The summed E-state index contributed by atoms with van der Waals surface area (Å²) in [4.78, 5) is 18.4. The molecule has 9 heteroatoms. The average Bonchev–Trinajstić information content (AvgIpc) is 1.27. The Balaban J connectivity index is -0.000000180. The molecule has 60 valence electrons. The van der Waals surface area contributed by atoms with Crippen molar-refractivity contribution in [3.63, 3.8) is 0 Å². The van der Waals surface area contributed by atoms with Crippen LogP contribution < -0.4 is 0 Å². The van der Waals surface area contributed by atoms with E-state index in [0.29, 0.717) is 0 Å². The molecule has 0 aromatic carbocycles. The maximum absolute atomic E-state index is 9.20. The van der Waals surface area contributed by atoms with Gasteiger partial charge in [0.1, 0.15) is 0 Å². The number of nitro groups is 2. The van der Waals surface area contributed by atoms with Gasteiger partial charge >= 0.3 is 81.7 Å². The second-order valence-electron chi connectivity index (χ2n) is 0.443. The molecule has 0 saturated carbocycles. The third-order valence-corrected chi connectivity index (χ3v) is 0.611. The van der Waals surface area contributed by atoms with E-state index < -0.39 is 25.6 Å². The van der Waals surface area contributed by atoms with Crippen LogP contribution in [0.3, 0.4) is 0 Å². The van der Waals surface area contributed by atoms with E-state index in [9.17, 15) is 20.2 Å². The summed E-state index contributed by atoms with van der Waals surface area (Å²) in [5.74, 6) is 0. The molecule has 0 aliphatic heterocycles. The van der Waals surface area contributed by atoms with Crippen molar-refractivity contribution in [1.29, 1.82) is 0 Å². The zero-order chi connectivity index (χ0) is 5.86. The van der Waals surface area contributed by atoms with Gasteiger partial charge in [-0.3, -0.25) is 0 Å². The fraction of sp³-hybridized carbons (Fsp3) is 0. The summed E-state index contributed by atoms with van der Waals surface area (Å²) in [5, 5.41) is 18.4. The third-order valence-electron chi connectivity index (χ3n) is 0.103. The van der Waals surface area contributed by atoms with Gasteiger partial charge in [0.25, 0.3) is 0 Å². The van der Waals surface area contributed by atoms with Crippen LogP contribution in [0, 0.1) is 20.2 Å². The van der Waals surface area contributed by atoms with Crippen LogP contribution in [0.4, 0.5) is 0 Å². The fourth-order valence-corrected chi connectivity index (χ4v) is 0.249. The summed E-state index contributed by atoms with van der Waals surface area (Å²) in [7, 11) is 0. The number of hydrogen-bond acceptors (Lipinski definition) is 4. The van der Waals surface area contributed by atoms with E-state index in [1.165, 1.54) is 0 Å². The molecule has 0 spiro atoms. The molecule has 0 aliphatic carbocycles. The van der Waals surface area contributed by atoms with Crippen LogP contribution in [-0.4, -0.2) is 43.0 Å². The molecular formula is H6As2N2O4Pd. The maximum atomic E-state index is 9.20. The first kappa shape index (κ1) is 16.3. The second-order valence-corrected chi connectivity index (χ2v) is 1.89. The van der Waals surface area contributed by atoms with Crippen LogP contribution in [0.5, 0.6) is 0 Å². The van der Waals surface area contributed by atoms with Gasteiger partial charge in [0.15, 0.2) is 0 Å². The van der Waals surface area contributed by atoms with Crippen molar-refractivity contribution < 1.29 is 25.6 Å². The summed E-state index contributed by atoms with van der Waals surface area (Å²) in [6.07, 6.45) is 0. The Morgan fingerprint density at radius 3 is 1.22 bits per heavy atom. The second kappa shape index (κ2) is 8.58. The molecule has 2 unspecified atom stereocenters. The third kappa shape index (κ3) is 17.7. The van der Waals surface area contributed by atoms with Crippen LogP contribution in [0.1, 0.15) is 0 Å². The molecule has 0 fully saturated rings. The van der Waals surface area contributed by atoms with E-state index in [2.05, 4.69) is 0 Å². The molecule has 0 aliphatic rings. The minimum absolute atomic E-state index is 0. The molecule has 6 nitrogen and oxygen atoms in total. The van der Waals surface area contributed by atoms with Crippen LogP contribution in [0.25, 0.3) is 0 Å². The van der Waals surface area contributed by atoms with Crippen molar-refractivity contribution in [2.75, 3.05) is 0 Å². The summed E-state index contributed by atoms with van der Waals surface area (Å²) in [6.45, 7) is 0. The first-order valence-electron chi connectivity index (χ1n) is 1.01. The number of rotatable bonds is 2. The van der Waals surface area contributed by atoms with E-state index >= 15 is 0 Å². The number of nitrogens with zero attached hydrogens (tertiary/aromatic N) is 2. The predicted octanol–water partition coefficient (Wildman–Crippen LogP) is -2.92. The van der Waals surface area contributed by atoms with Crippen molar-refractivity contribution >= 4 is 35.9 Å². The van der Waals surface area contributed by atoms with E-state index in [1.54, 1.807) is 0 Å². The van der Waals surface area contributed by atoms with Gasteiger partial charge in [-0.25, -0.2) is 0 Å². The molecule has 2 atom stereocenters. The Hall–Kier alpha value is 0.579. The van der Waals surface area contributed by atoms with Crippen molar-refractivity contribution in [1.82, 2.24) is 0 Å². The Morgan fingerprint density at radius 1 is 1.00 bits per heavy atom. The van der Waals surface area contributed by atoms with Crippen LogP contribution in [0.15, 0.2) is 0 Å². The summed E-state index contributed by atoms with van der Waals surface area (Å²) in [5.41, 5.74) is 0. The molecular weight excluding hydrogens is 348 g/mol. The molecule has 9 heavy (non-hydrogen) atoms. The van der Waals surface area contributed by atoms with Gasteiger partial charge in [0.2, 0.25) is 0 Å². The Morgan fingerprint density at radius 2 is 1.22 bits per heavy atom. The SMILES string of the molecule is O=[N+]([O-])[Pd][N+](=O)[O-].[AsH3].[AsH3]. The first-order valence-corrected chi connectivity index (χ1v) is 2.40. The molecule has 0 N–H and O–H groups in total.